The van der Waals surface area contributed by atoms with Gasteiger partial charge in [-0.2, -0.15) is 4.98 Å². The number of benzene rings is 2. The molecule has 0 saturated carbocycles. The third-order valence-corrected chi connectivity index (χ3v) is 8.68. The van der Waals surface area contributed by atoms with Crippen LogP contribution in [0.5, 0.6) is 0 Å². The molecule has 1 amide bonds. The largest absolute Gasteiger partial charge is 0.371 e. The molecule has 0 unspecified atom stereocenters. The molecule has 2 saturated heterocycles. The summed E-state index contributed by atoms with van der Waals surface area (Å²) in [7, 11) is 2.17. The Labute approximate surface area is 249 Å². The number of anilines is 5. The second-order valence-corrected chi connectivity index (χ2v) is 11.6. The molecule has 0 atom stereocenters. The van der Waals surface area contributed by atoms with Gasteiger partial charge in [-0.15, -0.1) is 0 Å². The summed E-state index contributed by atoms with van der Waals surface area (Å²) >= 11 is 6.38. The minimum atomic E-state index is -2.50. The van der Waals surface area contributed by atoms with Gasteiger partial charge in [-0.05, 0) is 55.3 Å². The number of piperazine rings is 1. The highest BCUT2D eigenvalue weighted by Gasteiger charge is 2.27. The fraction of sp³-hybridized carbons (Fsp3) is 0.433. The van der Waals surface area contributed by atoms with Crippen molar-refractivity contribution < 1.29 is 13.6 Å². The van der Waals surface area contributed by atoms with Crippen molar-refractivity contribution in [3.05, 3.63) is 64.3 Å². The maximum absolute atomic E-state index is 13.7. The number of hydrogen-bond acceptors (Lipinski definition) is 8. The number of carbonyl (C=O) groups excluding carboxylic acids is 1. The number of alkyl halides is 2. The van der Waals surface area contributed by atoms with Gasteiger partial charge in [0.2, 0.25) is 12.4 Å². The Balaban J connectivity index is 1.17. The quantitative estimate of drug-likeness (QED) is 0.339. The number of amides is 1. The smallest absolute Gasteiger partial charge is 0.254 e. The third kappa shape index (κ3) is 6.28. The van der Waals surface area contributed by atoms with Gasteiger partial charge in [0, 0.05) is 69.7 Å². The minimum absolute atomic E-state index is 0.170. The van der Waals surface area contributed by atoms with E-state index in [4.69, 9.17) is 11.6 Å². The average Bonchev–Trinajstić information content (AvgIpc) is 3.37. The summed E-state index contributed by atoms with van der Waals surface area (Å²) in [6.07, 6.45) is 0.674. The van der Waals surface area contributed by atoms with E-state index in [0.29, 0.717) is 40.9 Å². The molecule has 12 heteroatoms. The summed E-state index contributed by atoms with van der Waals surface area (Å²) in [6.45, 7) is 6.67. The zero-order chi connectivity index (χ0) is 29.2. The monoisotopic (exact) mass is 596 g/mol. The minimum Gasteiger partial charge on any atom is -0.371 e. The number of nitrogens with zero attached hydrogens (tertiary/aromatic N) is 5. The van der Waals surface area contributed by atoms with Crippen LogP contribution in [0.4, 0.5) is 37.6 Å². The van der Waals surface area contributed by atoms with E-state index in [9.17, 15) is 13.6 Å². The van der Waals surface area contributed by atoms with Gasteiger partial charge in [-0.1, -0.05) is 23.7 Å². The molecule has 0 spiro atoms. The molecule has 0 radical (unpaired) electrons. The van der Waals surface area contributed by atoms with Crippen molar-refractivity contribution in [2.45, 2.75) is 38.3 Å². The molecule has 3 aliphatic heterocycles. The topological polar surface area (TPSA) is 88.7 Å². The maximum atomic E-state index is 13.7. The number of fused-ring (bicyclic) bond motifs is 1. The van der Waals surface area contributed by atoms with E-state index < -0.39 is 12.8 Å². The summed E-state index contributed by atoms with van der Waals surface area (Å²) in [4.78, 5) is 28.4. The molecular formula is C30H35ClF2N8O. The lowest BCUT2D eigenvalue weighted by Gasteiger charge is -2.42. The van der Waals surface area contributed by atoms with Crippen LogP contribution in [0, 0.1) is 0 Å². The van der Waals surface area contributed by atoms with Crippen LogP contribution in [0.1, 0.15) is 34.3 Å². The first kappa shape index (κ1) is 28.6. The van der Waals surface area contributed by atoms with Gasteiger partial charge in [0.25, 0.3) is 5.91 Å². The van der Waals surface area contributed by atoms with Crippen molar-refractivity contribution in [2.75, 3.05) is 61.8 Å². The SMILES string of the molecule is CN1CCN(C2CCN(c3ccc(Nc4ncc(Cl)c(Nc5cccc6c5C(=O)NC6)n4)c(CC(F)F)c3)CC2)CC1. The molecule has 2 aromatic carbocycles. The Morgan fingerprint density at radius 3 is 2.60 bits per heavy atom. The lowest BCUT2D eigenvalue weighted by molar-refractivity contribution is 0.0966. The van der Waals surface area contributed by atoms with Crippen LogP contribution in [-0.2, 0) is 13.0 Å². The van der Waals surface area contributed by atoms with Crippen molar-refractivity contribution >= 4 is 46.3 Å². The molecule has 3 aromatic rings. The number of hydrogen-bond donors (Lipinski definition) is 3. The molecule has 42 heavy (non-hydrogen) atoms. The van der Waals surface area contributed by atoms with Crippen LogP contribution in [0.2, 0.25) is 5.02 Å². The van der Waals surface area contributed by atoms with Crippen molar-refractivity contribution in [3.8, 4) is 0 Å². The molecule has 2 fully saturated rings. The van der Waals surface area contributed by atoms with Crippen LogP contribution in [-0.4, -0.2) is 84.5 Å². The molecule has 0 aliphatic carbocycles. The van der Waals surface area contributed by atoms with Gasteiger partial charge in [-0.3, -0.25) is 9.69 Å². The van der Waals surface area contributed by atoms with Crippen LogP contribution in [0.3, 0.4) is 0 Å². The number of halogens is 3. The van der Waals surface area contributed by atoms with Gasteiger partial charge >= 0.3 is 0 Å². The molecule has 1 aromatic heterocycles. The molecule has 6 rings (SSSR count). The summed E-state index contributed by atoms with van der Waals surface area (Å²) in [6, 6.07) is 11.7. The summed E-state index contributed by atoms with van der Waals surface area (Å²) in [5.41, 5.74) is 3.96. The van der Waals surface area contributed by atoms with Crippen molar-refractivity contribution in [1.82, 2.24) is 25.1 Å². The zero-order valence-electron chi connectivity index (χ0n) is 23.5. The summed E-state index contributed by atoms with van der Waals surface area (Å²) < 4.78 is 27.3. The predicted octanol–water partition coefficient (Wildman–Crippen LogP) is 4.88. The number of likely N-dealkylation sites (N-methyl/N-ethyl adjacent to an activating group) is 1. The third-order valence-electron chi connectivity index (χ3n) is 8.41. The molecule has 9 nitrogen and oxygen atoms in total. The van der Waals surface area contributed by atoms with E-state index in [0.717, 1.165) is 63.4 Å². The maximum Gasteiger partial charge on any atom is 0.254 e. The summed E-state index contributed by atoms with van der Waals surface area (Å²) in [5.74, 6) is 0.338. The van der Waals surface area contributed by atoms with Crippen molar-refractivity contribution in [1.29, 1.82) is 0 Å². The van der Waals surface area contributed by atoms with E-state index in [1.54, 1.807) is 6.07 Å². The van der Waals surface area contributed by atoms with E-state index in [2.05, 4.69) is 47.7 Å². The molecule has 3 N–H and O–H groups in total. The molecule has 3 aliphatic rings. The van der Waals surface area contributed by atoms with Crippen molar-refractivity contribution in [2.24, 2.45) is 0 Å². The second kappa shape index (κ2) is 12.4. The van der Waals surface area contributed by atoms with Crippen LogP contribution < -0.4 is 20.9 Å². The van der Waals surface area contributed by atoms with Crippen LogP contribution in [0.25, 0.3) is 0 Å². The van der Waals surface area contributed by atoms with Crippen molar-refractivity contribution in [3.63, 3.8) is 0 Å². The highest BCUT2D eigenvalue weighted by atomic mass is 35.5. The first-order valence-electron chi connectivity index (χ1n) is 14.4. The number of nitrogens with one attached hydrogen (secondary N) is 3. The second-order valence-electron chi connectivity index (χ2n) is 11.2. The van der Waals surface area contributed by atoms with Crippen LogP contribution >= 0.6 is 11.6 Å². The molecule has 0 bridgehead atoms. The van der Waals surface area contributed by atoms with Gasteiger partial charge < -0.3 is 25.8 Å². The lowest BCUT2D eigenvalue weighted by Crippen LogP contribution is -2.52. The van der Waals surface area contributed by atoms with Gasteiger partial charge in [0.05, 0.1) is 17.4 Å². The Morgan fingerprint density at radius 2 is 1.83 bits per heavy atom. The number of aromatic nitrogens is 2. The number of carbonyl (C=O) groups is 1. The van der Waals surface area contributed by atoms with Crippen LogP contribution in [0.15, 0.2) is 42.6 Å². The highest BCUT2D eigenvalue weighted by Crippen LogP contribution is 2.32. The first-order chi connectivity index (χ1) is 20.3. The highest BCUT2D eigenvalue weighted by molar-refractivity contribution is 6.33. The Morgan fingerprint density at radius 1 is 1.05 bits per heavy atom. The lowest BCUT2D eigenvalue weighted by atomic mass is 10.0. The average molecular weight is 597 g/mol. The van der Waals surface area contributed by atoms with E-state index in [1.165, 1.54) is 6.20 Å². The zero-order valence-corrected chi connectivity index (χ0v) is 24.3. The fourth-order valence-corrected chi connectivity index (χ4v) is 6.20. The number of rotatable bonds is 8. The molecular weight excluding hydrogens is 562 g/mol. The van der Waals surface area contributed by atoms with Gasteiger partial charge in [0.15, 0.2) is 5.82 Å². The Kier molecular flexibility index (Phi) is 8.41. The Hall–Kier alpha value is -3.54. The van der Waals surface area contributed by atoms with Gasteiger partial charge in [0.1, 0.15) is 5.02 Å². The Bertz CT molecular complexity index is 1440. The number of piperidine rings is 1. The predicted molar refractivity (Wildman–Crippen MR) is 162 cm³/mol. The van der Waals surface area contributed by atoms with E-state index in [1.807, 2.05) is 30.3 Å². The molecule has 222 valence electrons. The molecule has 4 heterocycles. The first-order valence-corrected chi connectivity index (χ1v) is 14.8. The summed E-state index contributed by atoms with van der Waals surface area (Å²) in [5, 5.41) is 9.33. The van der Waals surface area contributed by atoms with E-state index in [-0.39, 0.29) is 16.9 Å². The van der Waals surface area contributed by atoms with Gasteiger partial charge in [-0.25, -0.2) is 13.8 Å². The van der Waals surface area contributed by atoms with E-state index >= 15 is 0 Å². The standard InChI is InChI=1S/C30H35ClF2N8O/c1-39-11-13-41(14-12-39)21-7-9-40(10-8-21)22-5-6-24(20(15-22)16-26(32)33)37-30-35-18-23(31)28(38-30)36-25-4-2-3-19-17-34-29(42)27(19)25/h2-6,15,18,21,26H,7-14,16-17H2,1H3,(H,34,42)(H2,35,36,37,38). The normalized spacial score (nSPS) is 18.3. The fourth-order valence-electron chi connectivity index (χ4n) is 6.06.